The molecule has 0 aliphatic rings. The molecule has 0 radical (unpaired) electrons. The molecule has 0 aromatic rings. The minimum absolute atomic E-state index is 0.0836. The number of allylic oxidation sites excluding steroid dienone is 12. The standard InChI is InChI=1S/C49H82O6/c1-4-7-10-13-16-18-19-20-21-22-23-24-25-26-27-28-29-30-31-32-34-36-39-42-48(51)54-45-46(44-53-47(50)41-38-35-15-12-9-6-3)55-49(52)43-40-37-33-17-14-11-8-5-2/h7,10,16,18,20-21,23-24,26-27,29-30,46H,4-6,8-9,11-15,17,19,22,25,28,31-45H2,1-3H3/b10-7-,18-16-,21-20-,24-23-,27-26-,30-29-. The minimum atomic E-state index is -0.777. The molecule has 0 saturated heterocycles. The highest BCUT2D eigenvalue weighted by atomic mass is 16.6. The molecule has 55 heavy (non-hydrogen) atoms. The zero-order chi connectivity index (χ0) is 40.1. The Labute approximate surface area is 338 Å². The van der Waals surface area contributed by atoms with E-state index in [1.54, 1.807) is 0 Å². The van der Waals surface area contributed by atoms with E-state index >= 15 is 0 Å². The van der Waals surface area contributed by atoms with E-state index < -0.39 is 6.10 Å². The largest absolute Gasteiger partial charge is 0.462 e. The Morgan fingerprint density at radius 3 is 1.11 bits per heavy atom. The first kappa shape index (κ1) is 51.9. The number of hydrogen-bond acceptors (Lipinski definition) is 6. The van der Waals surface area contributed by atoms with Crippen molar-refractivity contribution < 1.29 is 28.6 Å². The number of esters is 3. The molecular weight excluding hydrogens is 685 g/mol. The maximum absolute atomic E-state index is 12.6. The lowest BCUT2D eigenvalue weighted by Crippen LogP contribution is -2.30. The number of hydrogen-bond donors (Lipinski definition) is 0. The molecule has 0 aliphatic carbocycles. The summed E-state index contributed by atoms with van der Waals surface area (Å²) < 4.78 is 16.5. The Kier molecular flexibility index (Phi) is 41.1. The molecular formula is C49H82O6. The van der Waals surface area contributed by atoms with Crippen LogP contribution in [0.2, 0.25) is 0 Å². The van der Waals surface area contributed by atoms with Crippen molar-refractivity contribution in [3.8, 4) is 0 Å². The Bertz CT molecular complexity index is 1070. The highest BCUT2D eigenvalue weighted by molar-refractivity contribution is 5.71. The molecule has 0 saturated carbocycles. The zero-order valence-corrected chi connectivity index (χ0v) is 35.7. The van der Waals surface area contributed by atoms with Gasteiger partial charge in [-0.15, -0.1) is 0 Å². The van der Waals surface area contributed by atoms with Crippen LogP contribution in [0, 0.1) is 0 Å². The second-order valence-corrected chi connectivity index (χ2v) is 14.6. The van der Waals surface area contributed by atoms with Crippen molar-refractivity contribution in [2.24, 2.45) is 0 Å². The van der Waals surface area contributed by atoms with Gasteiger partial charge in [-0.3, -0.25) is 14.4 Å². The van der Waals surface area contributed by atoms with Crippen LogP contribution in [-0.4, -0.2) is 37.2 Å². The van der Waals surface area contributed by atoms with E-state index in [-0.39, 0.29) is 31.1 Å². The lowest BCUT2D eigenvalue weighted by atomic mass is 10.1. The molecule has 0 bridgehead atoms. The van der Waals surface area contributed by atoms with Gasteiger partial charge in [0.25, 0.3) is 0 Å². The topological polar surface area (TPSA) is 78.9 Å². The summed E-state index contributed by atoms with van der Waals surface area (Å²) in [5.74, 6) is -0.930. The van der Waals surface area contributed by atoms with E-state index in [0.29, 0.717) is 19.3 Å². The highest BCUT2D eigenvalue weighted by Gasteiger charge is 2.19. The monoisotopic (exact) mass is 767 g/mol. The first-order chi connectivity index (χ1) is 27.0. The molecule has 0 aliphatic heterocycles. The minimum Gasteiger partial charge on any atom is -0.462 e. The number of rotatable bonds is 39. The quantitative estimate of drug-likeness (QED) is 0.0268. The summed E-state index contributed by atoms with van der Waals surface area (Å²) in [6.07, 6.45) is 53.4. The zero-order valence-electron chi connectivity index (χ0n) is 35.7. The number of carbonyl (C=O) groups is 3. The molecule has 0 rings (SSSR count). The van der Waals surface area contributed by atoms with Crippen molar-refractivity contribution in [1.29, 1.82) is 0 Å². The molecule has 0 N–H and O–H groups in total. The molecule has 0 spiro atoms. The molecule has 0 heterocycles. The Morgan fingerprint density at radius 1 is 0.382 bits per heavy atom. The average molecular weight is 767 g/mol. The summed E-state index contributed by atoms with van der Waals surface area (Å²) in [6, 6.07) is 0. The van der Waals surface area contributed by atoms with Crippen LogP contribution in [0.15, 0.2) is 72.9 Å². The van der Waals surface area contributed by atoms with Crippen molar-refractivity contribution in [2.75, 3.05) is 13.2 Å². The van der Waals surface area contributed by atoms with Gasteiger partial charge in [0.1, 0.15) is 13.2 Å². The van der Waals surface area contributed by atoms with E-state index in [1.807, 2.05) is 0 Å². The van der Waals surface area contributed by atoms with Crippen LogP contribution in [-0.2, 0) is 28.6 Å². The van der Waals surface area contributed by atoms with Crippen molar-refractivity contribution in [2.45, 2.75) is 207 Å². The molecule has 0 amide bonds. The summed E-state index contributed by atoms with van der Waals surface area (Å²) >= 11 is 0. The molecule has 0 fully saturated rings. The molecule has 0 aromatic carbocycles. The van der Waals surface area contributed by atoms with E-state index in [9.17, 15) is 14.4 Å². The average Bonchev–Trinajstić information content (AvgIpc) is 3.18. The van der Waals surface area contributed by atoms with Gasteiger partial charge in [0, 0.05) is 19.3 Å². The fraction of sp³-hybridized carbons (Fsp3) is 0.694. The molecule has 314 valence electrons. The van der Waals surface area contributed by atoms with Gasteiger partial charge < -0.3 is 14.2 Å². The number of unbranched alkanes of at least 4 members (excludes halogenated alkanes) is 16. The third kappa shape index (κ3) is 41.8. The Hall–Kier alpha value is -3.15. The van der Waals surface area contributed by atoms with Crippen LogP contribution in [0.25, 0.3) is 0 Å². The third-order valence-corrected chi connectivity index (χ3v) is 9.23. The van der Waals surface area contributed by atoms with Gasteiger partial charge >= 0.3 is 17.9 Å². The summed E-state index contributed by atoms with van der Waals surface area (Å²) in [7, 11) is 0. The first-order valence-corrected chi connectivity index (χ1v) is 22.4. The van der Waals surface area contributed by atoms with Gasteiger partial charge in [0.15, 0.2) is 6.10 Å². The molecule has 1 unspecified atom stereocenters. The van der Waals surface area contributed by atoms with Crippen LogP contribution < -0.4 is 0 Å². The van der Waals surface area contributed by atoms with Crippen LogP contribution in [0.4, 0.5) is 0 Å². The summed E-state index contributed by atoms with van der Waals surface area (Å²) in [5.41, 5.74) is 0. The predicted molar refractivity (Wildman–Crippen MR) is 233 cm³/mol. The number of carbonyl (C=O) groups excluding carboxylic acids is 3. The van der Waals surface area contributed by atoms with E-state index in [4.69, 9.17) is 14.2 Å². The van der Waals surface area contributed by atoms with Crippen LogP contribution in [0.1, 0.15) is 201 Å². The second-order valence-electron chi connectivity index (χ2n) is 14.6. The van der Waals surface area contributed by atoms with Gasteiger partial charge in [-0.05, 0) is 70.6 Å². The predicted octanol–water partition coefficient (Wildman–Crippen LogP) is 14.3. The van der Waals surface area contributed by atoms with Gasteiger partial charge in [0.2, 0.25) is 0 Å². The lowest BCUT2D eigenvalue weighted by molar-refractivity contribution is -0.167. The summed E-state index contributed by atoms with van der Waals surface area (Å²) in [4.78, 5) is 37.4. The molecule has 6 heteroatoms. The van der Waals surface area contributed by atoms with E-state index in [2.05, 4.69) is 93.7 Å². The van der Waals surface area contributed by atoms with Crippen molar-refractivity contribution in [3.63, 3.8) is 0 Å². The summed E-state index contributed by atoms with van der Waals surface area (Å²) in [6.45, 7) is 6.38. The van der Waals surface area contributed by atoms with E-state index in [0.717, 1.165) is 109 Å². The SMILES string of the molecule is CC/C=C\C/C=C\C/C=C\C/C=C\C/C=C\C/C=C\CCCCCCC(=O)OCC(COC(=O)CCCCCCCC)OC(=O)CCCCCCCCCC. The van der Waals surface area contributed by atoms with Gasteiger partial charge in [0.05, 0.1) is 0 Å². The summed E-state index contributed by atoms with van der Waals surface area (Å²) in [5, 5.41) is 0. The van der Waals surface area contributed by atoms with Crippen molar-refractivity contribution >= 4 is 17.9 Å². The highest BCUT2D eigenvalue weighted by Crippen LogP contribution is 2.13. The van der Waals surface area contributed by atoms with Crippen LogP contribution >= 0.6 is 0 Å². The van der Waals surface area contributed by atoms with Crippen molar-refractivity contribution in [1.82, 2.24) is 0 Å². The van der Waals surface area contributed by atoms with E-state index in [1.165, 1.54) is 51.4 Å². The maximum atomic E-state index is 12.6. The van der Waals surface area contributed by atoms with Crippen molar-refractivity contribution in [3.05, 3.63) is 72.9 Å². The maximum Gasteiger partial charge on any atom is 0.306 e. The normalized spacial score (nSPS) is 12.7. The van der Waals surface area contributed by atoms with Crippen LogP contribution in [0.3, 0.4) is 0 Å². The second kappa shape index (κ2) is 43.6. The molecule has 1 atom stereocenters. The Balaban J connectivity index is 4.21. The third-order valence-electron chi connectivity index (χ3n) is 9.23. The lowest BCUT2D eigenvalue weighted by Gasteiger charge is -2.18. The fourth-order valence-corrected chi connectivity index (χ4v) is 5.85. The van der Waals surface area contributed by atoms with Gasteiger partial charge in [-0.25, -0.2) is 0 Å². The first-order valence-electron chi connectivity index (χ1n) is 22.4. The molecule has 6 nitrogen and oxygen atoms in total. The smallest absolute Gasteiger partial charge is 0.306 e. The van der Waals surface area contributed by atoms with Gasteiger partial charge in [-0.2, -0.15) is 0 Å². The Morgan fingerprint density at radius 2 is 0.709 bits per heavy atom. The van der Waals surface area contributed by atoms with Gasteiger partial charge in [-0.1, -0.05) is 184 Å². The molecule has 0 aromatic heterocycles. The fourth-order valence-electron chi connectivity index (χ4n) is 5.85. The van der Waals surface area contributed by atoms with Crippen LogP contribution in [0.5, 0.6) is 0 Å². The number of ether oxygens (including phenoxy) is 3.